The fourth-order valence-corrected chi connectivity index (χ4v) is 8.12. The molecule has 0 heterocycles. The van der Waals surface area contributed by atoms with Gasteiger partial charge in [0.2, 0.25) is 0 Å². The van der Waals surface area contributed by atoms with Crippen molar-refractivity contribution in [2.75, 3.05) is 6.61 Å². The summed E-state index contributed by atoms with van der Waals surface area (Å²) in [5.74, 6) is 0.545. The van der Waals surface area contributed by atoms with Crippen LogP contribution in [-0.4, -0.2) is 20.5 Å². The Morgan fingerprint density at radius 2 is 1.50 bits per heavy atom. The van der Waals surface area contributed by atoms with Gasteiger partial charge in [0.1, 0.15) is 0 Å². The van der Waals surface area contributed by atoms with E-state index < -0.39 is 35.9 Å². The Morgan fingerprint density at radius 1 is 0.958 bits per heavy atom. The van der Waals surface area contributed by atoms with Gasteiger partial charge >= 0.3 is 146 Å². The number of hydrogen-bond donors (Lipinski definition) is 0. The molecule has 132 valence electrons. The Bertz CT molecular complexity index is 762. The van der Waals surface area contributed by atoms with Crippen LogP contribution in [0.1, 0.15) is 6.92 Å². The van der Waals surface area contributed by atoms with Crippen LogP contribution in [-0.2, 0) is 12.6 Å². The molecule has 0 aliphatic heterocycles. The van der Waals surface area contributed by atoms with Gasteiger partial charge in [-0.1, -0.05) is 0 Å². The first-order chi connectivity index (χ1) is 11.2. The summed E-state index contributed by atoms with van der Waals surface area (Å²) in [7, 11) is -5.68. The third kappa shape index (κ3) is 4.61. The molecule has 0 atom stereocenters. The van der Waals surface area contributed by atoms with Gasteiger partial charge in [0.25, 0.3) is 0 Å². The number of halogens is 4. The number of alkyl halides is 3. The van der Waals surface area contributed by atoms with Crippen molar-refractivity contribution in [3.8, 4) is 5.75 Å². The Balaban J connectivity index is 2.41. The molecule has 0 aliphatic carbocycles. The first kappa shape index (κ1) is 19.0. The van der Waals surface area contributed by atoms with Crippen LogP contribution in [0.25, 0.3) is 0 Å². The van der Waals surface area contributed by atoms with Crippen molar-refractivity contribution in [1.82, 2.24) is 0 Å². The van der Waals surface area contributed by atoms with E-state index in [0.717, 1.165) is 0 Å². The Labute approximate surface area is 145 Å². The fraction of sp³-hybridized carbons (Fsp3) is 0.200. The maximum atomic E-state index is 12.7. The van der Waals surface area contributed by atoms with Crippen molar-refractivity contribution >= 4 is 30.4 Å². The molecule has 0 saturated carbocycles. The third-order valence-electron chi connectivity index (χ3n) is 2.68. The van der Waals surface area contributed by atoms with Gasteiger partial charge in [-0.25, -0.2) is 0 Å². The topological polar surface area (TPSA) is 52.6 Å². The van der Waals surface area contributed by atoms with E-state index in [2.05, 4.69) is 2.51 Å². The van der Waals surface area contributed by atoms with E-state index in [0.29, 0.717) is 19.5 Å². The van der Waals surface area contributed by atoms with Crippen molar-refractivity contribution in [2.24, 2.45) is 0 Å². The average Bonchev–Trinajstić information content (AvgIpc) is 2.54. The van der Waals surface area contributed by atoms with E-state index in [1.165, 1.54) is 12.1 Å². The van der Waals surface area contributed by atoms with Crippen molar-refractivity contribution in [3.63, 3.8) is 0 Å². The van der Waals surface area contributed by atoms with Crippen molar-refractivity contribution in [3.05, 3.63) is 61.7 Å². The molecule has 2 rings (SSSR count). The standard InChI is InChI=1S/C15H14F3IO4S/c1-2-22-14-10-8-13(9-11-14)19(12-6-4-3-5-7-12)23-24(20,21)15(16,17)18/h3-11H,2H2,1H3. The fourth-order valence-electron chi connectivity index (χ4n) is 1.66. The summed E-state index contributed by atoms with van der Waals surface area (Å²) in [6, 6.07) is 14.3. The van der Waals surface area contributed by atoms with Crippen LogP contribution in [0.3, 0.4) is 0 Å². The predicted octanol–water partition coefficient (Wildman–Crippen LogP) is 4.41. The van der Waals surface area contributed by atoms with Gasteiger partial charge in [-0.2, -0.15) is 0 Å². The number of hydrogen-bond acceptors (Lipinski definition) is 4. The molecule has 0 spiro atoms. The average molecular weight is 474 g/mol. The second-order valence-corrected chi connectivity index (χ2v) is 10.9. The summed E-state index contributed by atoms with van der Waals surface area (Å²) in [5, 5.41) is 0. The molecule has 2 aromatic carbocycles. The molecular formula is C15H14F3IO4S. The molecule has 4 nitrogen and oxygen atoms in total. The summed E-state index contributed by atoms with van der Waals surface area (Å²) in [5.41, 5.74) is -5.46. The zero-order valence-corrected chi connectivity index (χ0v) is 15.4. The number of ether oxygens (including phenoxy) is 1. The molecule has 0 aliphatic rings. The Kier molecular flexibility index (Phi) is 6.10. The van der Waals surface area contributed by atoms with Crippen LogP contribution in [0.2, 0.25) is 0 Å². The van der Waals surface area contributed by atoms with E-state index in [-0.39, 0.29) is 0 Å². The summed E-state index contributed by atoms with van der Waals surface area (Å²) >= 11 is -3.29. The molecule has 0 fully saturated rings. The van der Waals surface area contributed by atoms with Gasteiger partial charge in [0, 0.05) is 0 Å². The zero-order chi connectivity index (χ0) is 17.8. The molecule has 0 aromatic heterocycles. The van der Waals surface area contributed by atoms with Gasteiger partial charge in [-0.15, -0.1) is 0 Å². The van der Waals surface area contributed by atoms with Crippen LogP contribution < -0.4 is 4.74 Å². The number of rotatable bonds is 6. The zero-order valence-electron chi connectivity index (χ0n) is 12.5. The summed E-state index contributed by atoms with van der Waals surface area (Å²) < 4.78 is 71.7. The summed E-state index contributed by atoms with van der Waals surface area (Å²) in [6.07, 6.45) is 0. The van der Waals surface area contributed by atoms with E-state index in [1.807, 2.05) is 0 Å². The van der Waals surface area contributed by atoms with E-state index in [9.17, 15) is 21.6 Å². The van der Waals surface area contributed by atoms with Crippen molar-refractivity contribution in [2.45, 2.75) is 12.4 Å². The van der Waals surface area contributed by atoms with E-state index >= 15 is 0 Å². The molecule has 0 bridgehead atoms. The third-order valence-corrected chi connectivity index (χ3v) is 9.74. The maximum absolute atomic E-state index is 12.7. The van der Waals surface area contributed by atoms with Gasteiger partial charge in [-0.05, 0) is 0 Å². The Hall–Kier alpha value is -1.33. The van der Waals surface area contributed by atoms with Crippen molar-refractivity contribution in [1.29, 1.82) is 0 Å². The summed E-state index contributed by atoms with van der Waals surface area (Å²) in [6.45, 7) is 2.24. The first-order valence-electron chi connectivity index (χ1n) is 6.74. The molecule has 0 saturated heterocycles. The minimum atomic E-state index is -5.68. The number of benzene rings is 2. The molecule has 0 amide bonds. The molecule has 24 heavy (non-hydrogen) atoms. The molecule has 0 unspecified atom stereocenters. The van der Waals surface area contributed by atoms with Crippen molar-refractivity contribution < 1.29 is 28.8 Å². The van der Waals surface area contributed by atoms with Gasteiger partial charge < -0.3 is 0 Å². The normalized spacial score (nSPS) is 12.8. The van der Waals surface area contributed by atoms with Crippen LogP contribution in [0, 0.1) is 7.14 Å². The van der Waals surface area contributed by atoms with E-state index in [1.54, 1.807) is 49.4 Å². The van der Waals surface area contributed by atoms with E-state index in [4.69, 9.17) is 4.74 Å². The van der Waals surface area contributed by atoms with Crippen LogP contribution >= 0.6 is 20.2 Å². The van der Waals surface area contributed by atoms with Gasteiger partial charge in [0.15, 0.2) is 0 Å². The second kappa shape index (κ2) is 7.70. The van der Waals surface area contributed by atoms with Gasteiger partial charge in [0.05, 0.1) is 0 Å². The SMILES string of the molecule is CCOc1ccc(I(OS(=O)(=O)C(F)(F)F)c2ccccc2)cc1. The van der Waals surface area contributed by atoms with Crippen LogP contribution in [0.4, 0.5) is 13.2 Å². The Morgan fingerprint density at radius 3 is 2.00 bits per heavy atom. The molecular weight excluding hydrogens is 460 g/mol. The molecule has 0 N–H and O–H groups in total. The predicted molar refractivity (Wildman–Crippen MR) is 91.5 cm³/mol. The molecule has 2 aromatic rings. The summed E-state index contributed by atoms with van der Waals surface area (Å²) in [4.78, 5) is 0. The molecule has 9 heteroatoms. The molecule has 0 radical (unpaired) electrons. The van der Waals surface area contributed by atoms with Crippen LogP contribution in [0.5, 0.6) is 5.75 Å². The minimum absolute atomic E-state index is 0.418. The van der Waals surface area contributed by atoms with Crippen LogP contribution in [0.15, 0.2) is 54.6 Å². The monoisotopic (exact) mass is 474 g/mol. The van der Waals surface area contributed by atoms with Gasteiger partial charge in [-0.3, -0.25) is 0 Å². The second-order valence-electron chi connectivity index (χ2n) is 4.39. The quantitative estimate of drug-likeness (QED) is 0.460. The first-order valence-corrected chi connectivity index (χ1v) is 11.2.